The number of benzene rings is 1. The van der Waals surface area contributed by atoms with E-state index in [1.807, 2.05) is 31.2 Å². The summed E-state index contributed by atoms with van der Waals surface area (Å²) in [4.78, 5) is 2.20. The molecule has 20 heavy (non-hydrogen) atoms. The first kappa shape index (κ1) is 12.4. The zero-order valence-electron chi connectivity index (χ0n) is 11.9. The van der Waals surface area contributed by atoms with Crippen molar-refractivity contribution in [2.45, 2.75) is 57.8 Å². The number of rotatable bonds is 5. The van der Waals surface area contributed by atoms with E-state index in [-0.39, 0.29) is 37.1 Å². The number of hydrogen-bond donors (Lipinski definition) is 0. The standard InChI is InChI=1S/C15H19NO4/c1-8-13(17-8)16(14-9(2)18-14)11-4-6-12(7-5-11)20-15-10(3)19-15/h4-10,13-15H,1-3H3. The lowest BCUT2D eigenvalue weighted by Gasteiger charge is -2.21. The summed E-state index contributed by atoms with van der Waals surface area (Å²) in [6.07, 6.45) is 0.904. The Kier molecular flexibility index (Phi) is 2.70. The number of ether oxygens (including phenoxy) is 4. The molecular formula is C15H19NO4. The normalized spacial score (nSPS) is 41.1. The smallest absolute Gasteiger partial charge is 0.226 e. The topological polar surface area (TPSA) is 50.1 Å². The summed E-state index contributed by atoms with van der Waals surface area (Å²) in [5.41, 5.74) is 1.10. The third-order valence-corrected chi connectivity index (χ3v) is 3.95. The molecule has 0 amide bonds. The molecule has 0 saturated carbocycles. The lowest BCUT2D eigenvalue weighted by Crippen LogP contribution is -2.32. The molecule has 6 unspecified atom stereocenters. The number of anilines is 1. The van der Waals surface area contributed by atoms with E-state index in [1.54, 1.807) is 0 Å². The minimum Gasteiger partial charge on any atom is -0.462 e. The molecule has 0 spiro atoms. The molecule has 0 bridgehead atoms. The zero-order chi connectivity index (χ0) is 13.9. The van der Waals surface area contributed by atoms with Gasteiger partial charge in [-0.2, -0.15) is 0 Å². The first-order valence-corrected chi connectivity index (χ1v) is 7.15. The highest BCUT2D eigenvalue weighted by atomic mass is 16.8. The van der Waals surface area contributed by atoms with Crippen molar-refractivity contribution in [2.24, 2.45) is 0 Å². The van der Waals surface area contributed by atoms with Gasteiger partial charge in [0.1, 0.15) is 24.1 Å². The average molecular weight is 277 g/mol. The van der Waals surface area contributed by atoms with Gasteiger partial charge in [-0.25, -0.2) is 0 Å². The van der Waals surface area contributed by atoms with Crippen LogP contribution in [0.5, 0.6) is 5.75 Å². The Bertz CT molecular complexity index is 489. The lowest BCUT2D eigenvalue weighted by molar-refractivity contribution is 0.178. The number of epoxide rings is 3. The summed E-state index contributed by atoms with van der Waals surface area (Å²) in [5.74, 6) is 0.831. The molecule has 3 saturated heterocycles. The predicted octanol–water partition coefficient (Wildman–Crippen LogP) is 2.11. The van der Waals surface area contributed by atoms with Gasteiger partial charge in [-0.1, -0.05) is 0 Å². The molecule has 0 aliphatic carbocycles. The number of hydrogen-bond acceptors (Lipinski definition) is 5. The molecule has 108 valence electrons. The zero-order valence-corrected chi connectivity index (χ0v) is 11.9. The van der Waals surface area contributed by atoms with Crippen molar-refractivity contribution in [2.75, 3.05) is 4.90 Å². The first-order chi connectivity index (χ1) is 9.63. The third-order valence-electron chi connectivity index (χ3n) is 3.95. The SMILES string of the molecule is CC1OC1Oc1ccc(N(C2OC2C)C2OC2C)cc1. The number of nitrogens with zero attached hydrogens (tertiary/aromatic N) is 1. The van der Waals surface area contributed by atoms with Gasteiger partial charge in [0.25, 0.3) is 0 Å². The maximum atomic E-state index is 5.66. The van der Waals surface area contributed by atoms with Crippen LogP contribution < -0.4 is 9.64 Å². The van der Waals surface area contributed by atoms with E-state index in [0.29, 0.717) is 0 Å². The molecule has 4 rings (SSSR count). The molecule has 6 atom stereocenters. The summed E-state index contributed by atoms with van der Waals surface area (Å²) < 4.78 is 22.1. The Balaban J connectivity index is 1.48. The molecular weight excluding hydrogens is 258 g/mol. The Hall–Kier alpha value is -1.30. The Morgan fingerprint density at radius 2 is 1.35 bits per heavy atom. The van der Waals surface area contributed by atoms with Gasteiger partial charge >= 0.3 is 0 Å². The van der Waals surface area contributed by atoms with Crippen LogP contribution in [0.2, 0.25) is 0 Å². The van der Waals surface area contributed by atoms with Gasteiger partial charge in [0, 0.05) is 5.69 Å². The molecule has 5 nitrogen and oxygen atoms in total. The summed E-state index contributed by atoms with van der Waals surface area (Å²) in [5, 5.41) is 0. The summed E-state index contributed by atoms with van der Waals surface area (Å²) >= 11 is 0. The quantitative estimate of drug-likeness (QED) is 0.771. The molecule has 1 aromatic rings. The molecule has 3 fully saturated rings. The van der Waals surface area contributed by atoms with Crippen LogP contribution in [0, 0.1) is 0 Å². The van der Waals surface area contributed by atoms with Crippen molar-refractivity contribution < 1.29 is 18.9 Å². The van der Waals surface area contributed by atoms with Gasteiger partial charge in [-0.05, 0) is 45.0 Å². The highest BCUT2D eigenvalue weighted by Crippen LogP contribution is 2.39. The molecule has 3 aliphatic heterocycles. The van der Waals surface area contributed by atoms with Crippen LogP contribution in [0.3, 0.4) is 0 Å². The van der Waals surface area contributed by atoms with Crippen LogP contribution in [-0.2, 0) is 14.2 Å². The summed E-state index contributed by atoms with van der Waals surface area (Å²) in [6.45, 7) is 6.15. The van der Waals surface area contributed by atoms with Crippen molar-refractivity contribution in [1.29, 1.82) is 0 Å². The van der Waals surface area contributed by atoms with E-state index in [0.717, 1.165) is 11.4 Å². The maximum absolute atomic E-state index is 5.66. The fourth-order valence-electron chi connectivity index (χ4n) is 2.49. The van der Waals surface area contributed by atoms with Crippen LogP contribution >= 0.6 is 0 Å². The van der Waals surface area contributed by atoms with Crippen molar-refractivity contribution in [3.8, 4) is 5.75 Å². The highest BCUT2D eigenvalue weighted by Gasteiger charge is 2.51. The Morgan fingerprint density at radius 3 is 1.75 bits per heavy atom. The van der Waals surface area contributed by atoms with E-state index >= 15 is 0 Å². The minimum absolute atomic E-state index is 0.0875. The molecule has 3 heterocycles. The second-order valence-corrected chi connectivity index (χ2v) is 5.69. The molecule has 3 aliphatic rings. The van der Waals surface area contributed by atoms with E-state index in [9.17, 15) is 0 Å². The monoisotopic (exact) mass is 277 g/mol. The van der Waals surface area contributed by atoms with Crippen molar-refractivity contribution in [3.63, 3.8) is 0 Å². The van der Waals surface area contributed by atoms with E-state index in [4.69, 9.17) is 18.9 Å². The van der Waals surface area contributed by atoms with E-state index in [1.165, 1.54) is 0 Å². The molecule has 1 aromatic carbocycles. The summed E-state index contributed by atoms with van der Waals surface area (Å²) in [7, 11) is 0. The fourth-order valence-corrected chi connectivity index (χ4v) is 2.49. The van der Waals surface area contributed by atoms with Crippen LogP contribution in [0.25, 0.3) is 0 Å². The average Bonchev–Trinajstić information content (AvgIpc) is 3.35. The second-order valence-electron chi connectivity index (χ2n) is 5.69. The third kappa shape index (κ3) is 2.26. The van der Waals surface area contributed by atoms with Gasteiger partial charge in [-0.3, -0.25) is 0 Å². The van der Waals surface area contributed by atoms with Crippen molar-refractivity contribution >= 4 is 5.69 Å². The van der Waals surface area contributed by atoms with E-state index in [2.05, 4.69) is 18.7 Å². The molecule has 5 heteroatoms. The van der Waals surface area contributed by atoms with Crippen molar-refractivity contribution in [1.82, 2.24) is 0 Å². The van der Waals surface area contributed by atoms with Crippen LogP contribution in [0.15, 0.2) is 24.3 Å². The second kappa shape index (κ2) is 4.35. The fraction of sp³-hybridized carbons (Fsp3) is 0.600. The summed E-state index contributed by atoms with van der Waals surface area (Å²) in [6, 6.07) is 8.03. The Morgan fingerprint density at radius 1 is 0.850 bits per heavy atom. The minimum atomic E-state index is -0.0875. The van der Waals surface area contributed by atoms with Gasteiger partial charge in [0.05, 0.1) is 0 Å². The molecule has 0 N–H and O–H groups in total. The van der Waals surface area contributed by atoms with E-state index < -0.39 is 0 Å². The largest absolute Gasteiger partial charge is 0.462 e. The predicted molar refractivity (Wildman–Crippen MR) is 72.6 cm³/mol. The van der Waals surface area contributed by atoms with Gasteiger partial charge < -0.3 is 23.8 Å². The van der Waals surface area contributed by atoms with Gasteiger partial charge in [0.15, 0.2) is 12.5 Å². The van der Waals surface area contributed by atoms with Crippen LogP contribution in [0.1, 0.15) is 20.8 Å². The molecule has 0 radical (unpaired) electrons. The highest BCUT2D eigenvalue weighted by molar-refractivity contribution is 5.52. The van der Waals surface area contributed by atoms with Crippen LogP contribution in [-0.4, -0.2) is 37.1 Å². The van der Waals surface area contributed by atoms with Crippen molar-refractivity contribution in [3.05, 3.63) is 24.3 Å². The lowest BCUT2D eigenvalue weighted by atomic mass is 10.2. The first-order valence-electron chi connectivity index (χ1n) is 7.15. The van der Waals surface area contributed by atoms with Crippen LogP contribution in [0.4, 0.5) is 5.69 Å². The Labute approximate surface area is 118 Å². The molecule has 0 aromatic heterocycles. The van der Waals surface area contributed by atoms with Gasteiger partial charge in [0.2, 0.25) is 6.29 Å². The van der Waals surface area contributed by atoms with Gasteiger partial charge in [-0.15, -0.1) is 0 Å². The maximum Gasteiger partial charge on any atom is 0.226 e.